The van der Waals surface area contributed by atoms with Gasteiger partial charge in [-0.05, 0) is 24.6 Å². The molecule has 2 heterocycles. The van der Waals surface area contributed by atoms with E-state index in [-0.39, 0.29) is 24.6 Å². The highest BCUT2D eigenvalue weighted by Crippen LogP contribution is 2.35. The van der Waals surface area contributed by atoms with Crippen LogP contribution in [0.1, 0.15) is 23.4 Å². The number of nitrogens with one attached hydrogen (secondary N) is 1. The standard InChI is InChI=1S/C18H16Cl2F3N5O/c1-11-16(20)17(18(21,22)23)26-28(11)7-6-15(29)25-14-8-24-27(10-14)9-12-2-4-13(19)5-3-12/h2-5,8,10H,6-7,9H2,1H3,(H,25,29). The zero-order valence-corrected chi connectivity index (χ0v) is 16.7. The average Bonchev–Trinajstić information content (AvgIpc) is 3.20. The number of anilines is 1. The Labute approximate surface area is 174 Å². The van der Waals surface area contributed by atoms with E-state index in [1.54, 1.807) is 23.0 Å². The number of aryl methyl sites for hydroxylation is 1. The lowest BCUT2D eigenvalue weighted by molar-refractivity contribution is -0.141. The summed E-state index contributed by atoms with van der Waals surface area (Å²) in [5.41, 5.74) is 0.472. The van der Waals surface area contributed by atoms with Crippen molar-refractivity contribution < 1.29 is 18.0 Å². The van der Waals surface area contributed by atoms with E-state index in [0.29, 0.717) is 17.3 Å². The van der Waals surface area contributed by atoms with Gasteiger partial charge in [-0.1, -0.05) is 35.3 Å². The number of nitrogens with zero attached hydrogens (tertiary/aromatic N) is 4. The minimum atomic E-state index is -4.64. The van der Waals surface area contributed by atoms with Crippen LogP contribution in [0.5, 0.6) is 0 Å². The fourth-order valence-corrected chi connectivity index (χ4v) is 3.01. The molecule has 29 heavy (non-hydrogen) atoms. The predicted octanol–water partition coefficient (Wildman–Crippen LogP) is 4.79. The molecule has 0 spiro atoms. The number of rotatable bonds is 6. The molecule has 11 heteroatoms. The molecular formula is C18H16Cl2F3N5O. The topological polar surface area (TPSA) is 64.7 Å². The predicted molar refractivity (Wildman–Crippen MR) is 103 cm³/mol. The van der Waals surface area contributed by atoms with Gasteiger partial charge in [0.05, 0.1) is 35.7 Å². The Hall–Kier alpha value is -2.52. The maximum atomic E-state index is 12.9. The van der Waals surface area contributed by atoms with Crippen molar-refractivity contribution >= 4 is 34.8 Å². The Morgan fingerprint density at radius 3 is 2.52 bits per heavy atom. The van der Waals surface area contributed by atoms with E-state index >= 15 is 0 Å². The van der Waals surface area contributed by atoms with Crippen molar-refractivity contribution in [2.75, 3.05) is 5.32 Å². The van der Waals surface area contributed by atoms with Gasteiger partial charge in [0.2, 0.25) is 5.91 Å². The highest BCUT2D eigenvalue weighted by Gasteiger charge is 2.38. The highest BCUT2D eigenvalue weighted by atomic mass is 35.5. The normalized spacial score (nSPS) is 11.7. The van der Waals surface area contributed by atoms with Gasteiger partial charge in [0.15, 0.2) is 5.69 Å². The van der Waals surface area contributed by atoms with Crippen LogP contribution in [0.25, 0.3) is 0 Å². The Morgan fingerprint density at radius 1 is 1.21 bits per heavy atom. The van der Waals surface area contributed by atoms with Crippen molar-refractivity contribution in [3.63, 3.8) is 0 Å². The van der Waals surface area contributed by atoms with Gasteiger partial charge in [-0.15, -0.1) is 0 Å². The summed E-state index contributed by atoms with van der Waals surface area (Å²) in [5, 5.41) is 10.5. The van der Waals surface area contributed by atoms with Gasteiger partial charge in [0, 0.05) is 17.6 Å². The first kappa shape index (κ1) is 21.2. The molecule has 154 valence electrons. The van der Waals surface area contributed by atoms with Crippen molar-refractivity contribution in [3.05, 3.63) is 63.7 Å². The van der Waals surface area contributed by atoms with Crippen LogP contribution in [0.2, 0.25) is 10.0 Å². The molecule has 2 aromatic heterocycles. The molecule has 1 aromatic carbocycles. The maximum absolute atomic E-state index is 12.9. The first-order valence-electron chi connectivity index (χ1n) is 8.50. The van der Waals surface area contributed by atoms with Gasteiger partial charge in [-0.2, -0.15) is 23.4 Å². The Bertz CT molecular complexity index is 1010. The van der Waals surface area contributed by atoms with Crippen molar-refractivity contribution in [3.8, 4) is 0 Å². The Kier molecular flexibility index (Phi) is 6.18. The van der Waals surface area contributed by atoms with Crippen LogP contribution in [0.3, 0.4) is 0 Å². The van der Waals surface area contributed by atoms with Crippen LogP contribution in [-0.4, -0.2) is 25.5 Å². The number of aromatic nitrogens is 4. The van der Waals surface area contributed by atoms with E-state index in [9.17, 15) is 18.0 Å². The first-order valence-corrected chi connectivity index (χ1v) is 9.26. The summed E-state index contributed by atoms with van der Waals surface area (Å²) >= 11 is 11.6. The molecule has 0 bridgehead atoms. The fraction of sp³-hybridized carbons (Fsp3) is 0.278. The molecule has 0 aliphatic heterocycles. The Morgan fingerprint density at radius 2 is 1.90 bits per heavy atom. The van der Waals surface area contributed by atoms with Gasteiger partial charge >= 0.3 is 6.18 Å². The second kappa shape index (κ2) is 8.46. The summed E-state index contributed by atoms with van der Waals surface area (Å²) in [4.78, 5) is 12.1. The minimum Gasteiger partial charge on any atom is -0.323 e. The van der Waals surface area contributed by atoms with E-state index in [1.165, 1.54) is 13.1 Å². The molecular weight excluding hydrogens is 430 g/mol. The van der Waals surface area contributed by atoms with Crippen LogP contribution in [-0.2, 0) is 24.1 Å². The third kappa shape index (κ3) is 5.30. The van der Waals surface area contributed by atoms with Gasteiger partial charge in [-0.3, -0.25) is 14.2 Å². The third-order valence-corrected chi connectivity index (χ3v) is 4.83. The second-order valence-corrected chi connectivity index (χ2v) is 7.13. The molecule has 6 nitrogen and oxygen atoms in total. The second-order valence-electron chi connectivity index (χ2n) is 6.32. The molecule has 0 radical (unpaired) electrons. The molecule has 3 aromatic rings. The molecule has 0 aliphatic carbocycles. The molecule has 1 N–H and O–H groups in total. The SMILES string of the molecule is Cc1c(Cl)c(C(F)(F)F)nn1CCC(=O)Nc1cnn(Cc2ccc(Cl)cc2)c1. The summed E-state index contributed by atoms with van der Waals surface area (Å²) in [5.74, 6) is -0.379. The van der Waals surface area contributed by atoms with E-state index in [0.717, 1.165) is 10.2 Å². The lowest BCUT2D eigenvalue weighted by Gasteiger charge is -2.05. The van der Waals surface area contributed by atoms with Gasteiger partial charge in [-0.25, -0.2) is 0 Å². The number of halogens is 5. The molecule has 0 fully saturated rings. The smallest absolute Gasteiger partial charge is 0.323 e. The molecule has 0 aliphatic rings. The minimum absolute atomic E-state index is 0.0353. The summed E-state index contributed by atoms with van der Waals surface area (Å²) < 4.78 is 41.3. The molecule has 0 unspecified atom stereocenters. The number of carbonyl (C=O) groups is 1. The summed E-state index contributed by atoms with van der Waals surface area (Å²) in [6.45, 7) is 1.88. The molecule has 1 amide bonds. The van der Waals surface area contributed by atoms with Crippen molar-refractivity contribution in [2.45, 2.75) is 32.6 Å². The van der Waals surface area contributed by atoms with Crippen LogP contribution in [0.15, 0.2) is 36.7 Å². The lowest BCUT2D eigenvalue weighted by atomic mass is 10.2. The van der Waals surface area contributed by atoms with Crippen LogP contribution < -0.4 is 5.32 Å². The number of hydrogen-bond donors (Lipinski definition) is 1. The lowest BCUT2D eigenvalue weighted by Crippen LogP contribution is -2.16. The quantitative estimate of drug-likeness (QED) is 0.592. The van der Waals surface area contributed by atoms with Crippen molar-refractivity contribution in [1.82, 2.24) is 19.6 Å². The summed E-state index contributed by atoms with van der Waals surface area (Å²) in [6.07, 6.45) is -1.57. The summed E-state index contributed by atoms with van der Waals surface area (Å²) in [6, 6.07) is 7.29. The molecule has 0 saturated carbocycles. The van der Waals surface area contributed by atoms with Crippen LogP contribution in [0.4, 0.5) is 18.9 Å². The molecule has 0 atom stereocenters. The fourth-order valence-electron chi connectivity index (χ4n) is 2.65. The van der Waals surface area contributed by atoms with Crippen molar-refractivity contribution in [2.24, 2.45) is 0 Å². The number of benzene rings is 1. The molecule has 0 saturated heterocycles. The van der Waals surface area contributed by atoms with Crippen molar-refractivity contribution in [1.29, 1.82) is 0 Å². The Balaban J connectivity index is 1.56. The monoisotopic (exact) mass is 445 g/mol. The maximum Gasteiger partial charge on any atom is 0.436 e. The van der Waals surface area contributed by atoms with Gasteiger partial charge in [0.25, 0.3) is 0 Å². The highest BCUT2D eigenvalue weighted by molar-refractivity contribution is 6.32. The average molecular weight is 446 g/mol. The number of hydrogen-bond acceptors (Lipinski definition) is 3. The zero-order chi connectivity index (χ0) is 21.2. The van der Waals surface area contributed by atoms with E-state index in [1.807, 2.05) is 12.1 Å². The van der Waals surface area contributed by atoms with Gasteiger partial charge in [0.1, 0.15) is 0 Å². The first-order chi connectivity index (χ1) is 13.6. The van der Waals surface area contributed by atoms with Gasteiger partial charge < -0.3 is 5.32 Å². The largest absolute Gasteiger partial charge is 0.436 e. The van der Waals surface area contributed by atoms with Crippen LogP contribution >= 0.6 is 23.2 Å². The van der Waals surface area contributed by atoms with Crippen LogP contribution in [0, 0.1) is 6.92 Å². The number of carbonyl (C=O) groups excluding carboxylic acids is 1. The van der Waals surface area contributed by atoms with E-state index < -0.39 is 16.9 Å². The number of alkyl halides is 3. The molecule has 3 rings (SSSR count). The van der Waals surface area contributed by atoms with E-state index in [4.69, 9.17) is 23.2 Å². The zero-order valence-electron chi connectivity index (χ0n) is 15.2. The summed E-state index contributed by atoms with van der Waals surface area (Å²) in [7, 11) is 0. The number of amides is 1. The van der Waals surface area contributed by atoms with E-state index in [2.05, 4.69) is 15.5 Å². The third-order valence-electron chi connectivity index (χ3n) is 4.13.